The second-order valence-corrected chi connectivity index (χ2v) is 6.59. The normalized spacial score (nSPS) is 15.0. The number of hydrogen-bond acceptors (Lipinski definition) is 2. The Morgan fingerprint density at radius 3 is 2.32 bits per heavy atom. The number of carbonyl (C=O) groups is 1. The van der Waals surface area contributed by atoms with Crippen LogP contribution in [0.25, 0.3) is 0 Å². The first-order valence-corrected chi connectivity index (χ1v) is 7.80. The summed E-state index contributed by atoms with van der Waals surface area (Å²) in [5.74, 6) is 0.678. The molecule has 22 heavy (non-hydrogen) atoms. The first-order chi connectivity index (χ1) is 10.4. The van der Waals surface area contributed by atoms with Crippen molar-refractivity contribution in [1.82, 2.24) is 14.7 Å². The van der Waals surface area contributed by atoms with Crippen LogP contribution in [0.5, 0.6) is 0 Å². The van der Waals surface area contributed by atoms with Gasteiger partial charge in [0.25, 0.3) is 5.91 Å². The molecule has 0 aliphatic carbocycles. The number of nitrogens with zero attached hydrogens (tertiary/aromatic N) is 3. The topological polar surface area (TPSA) is 38.1 Å². The van der Waals surface area contributed by atoms with Gasteiger partial charge in [-0.25, -0.2) is 0 Å². The van der Waals surface area contributed by atoms with Gasteiger partial charge in [-0.15, -0.1) is 0 Å². The van der Waals surface area contributed by atoms with E-state index in [9.17, 15) is 4.79 Å². The first-order valence-electron chi connectivity index (χ1n) is 7.80. The van der Waals surface area contributed by atoms with E-state index in [0.717, 1.165) is 36.3 Å². The van der Waals surface area contributed by atoms with Gasteiger partial charge >= 0.3 is 0 Å². The molecule has 1 saturated heterocycles. The Bertz CT molecular complexity index is 688. The van der Waals surface area contributed by atoms with Gasteiger partial charge < -0.3 is 4.90 Å². The van der Waals surface area contributed by atoms with E-state index in [-0.39, 0.29) is 5.91 Å². The zero-order chi connectivity index (χ0) is 15.9. The van der Waals surface area contributed by atoms with Crippen LogP contribution < -0.4 is 0 Å². The summed E-state index contributed by atoms with van der Waals surface area (Å²) in [6.07, 6.45) is 3.93. The van der Waals surface area contributed by atoms with Crippen molar-refractivity contribution >= 4 is 5.91 Å². The molecule has 2 heterocycles. The number of likely N-dealkylation sites (tertiary alicyclic amines) is 1. The molecule has 1 aliphatic heterocycles. The summed E-state index contributed by atoms with van der Waals surface area (Å²) in [5, 5.41) is 4.32. The molecule has 1 aromatic heterocycles. The molecule has 3 rings (SSSR count). The minimum atomic E-state index is 0.169. The average molecular weight is 297 g/mol. The number of carbonyl (C=O) groups excluding carboxylic acids is 1. The van der Waals surface area contributed by atoms with Gasteiger partial charge in [-0.05, 0) is 44.4 Å². The predicted molar refractivity (Wildman–Crippen MR) is 87.0 cm³/mol. The smallest absolute Gasteiger partial charge is 0.254 e. The first kappa shape index (κ1) is 14.8. The number of rotatable bonds is 3. The van der Waals surface area contributed by atoms with E-state index in [1.165, 1.54) is 11.1 Å². The van der Waals surface area contributed by atoms with E-state index in [1.54, 1.807) is 0 Å². The lowest BCUT2D eigenvalue weighted by Gasteiger charge is -2.39. The molecule has 0 saturated carbocycles. The molecule has 0 unspecified atom stereocenters. The highest BCUT2D eigenvalue weighted by Gasteiger charge is 2.32. The van der Waals surface area contributed by atoms with Crippen molar-refractivity contribution in [1.29, 1.82) is 0 Å². The van der Waals surface area contributed by atoms with Crippen LogP contribution in [-0.2, 0) is 6.54 Å². The van der Waals surface area contributed by atoms with E-state index >= 15 is 0 Å². The van der Waals surface area contributed by atoms with Gasteiger partial charge in [0.15, 0.2) is 0 Å². The largest absolute Gasteiger partial charge is 0.338 e. The second-order valence-electron chi connectivity index (χ2n) is 6.59. The van der Waals surface area contributed by atoms with Crippen LogP contribution in [0, 0.1) is 33.6 Å². The average Bonchev–Trinajstić information content (AvgIpc) is 2.77. The van der Waals surface area contributed by atoms with Crippen molar-refractivity contribution in [3.8, 4) is 0 Å². The van der Waals surface area contributed by atoms with Gasteiger partial charge in [0, 0.05) is 37.3 Å². The fraction of sp³-hybridized carbons (Fsp3) is 0.444. The van der Waals surface area contributed by atoms with Gasteiger partial charge in [0.05, 0.1) is 6.20 Å². The fourth-order valence-electron chi connectivity index (χ4n) is 3.36. The highest BCUT2D eigenvalue weighted by molar-refractivity contribution is 5.97. The maximum absolute atomic E-state index is 12.7. The Balaban J connectivity index is 1.64. The van der Waals surface area contributed by atoms with Crippen LogP contribution in [0.15, 0.2) is 24.5 Å². The zero-order valence-corrected chi connectivity index (χ0v) is 13.8. The van der Waals surface area contributed by atoms with Gasteiger partial charge in [0.1, 0.15) is 0 Å². The monoisotopic (exact) mass is 297 g/mol. The lowest BCUT2D eigenvalue weighted by Crippen LogP contribution is -2.51. The Hall–Kier alpha value is -2.10. The van der Waals surface area contributed by atoms with Crippen LogP contribution in [-0.4, -0.2) is 33.7 Å². The molecule has 0 N–H and O–H groups in total. The van der Waals surface area contributed by atoms with E-state index in [1.807, 2.05) is 36.5 Å². The zero-order valence-electron chi connectivity index (χ0n) is 13.8. The highest BCUT2D eigenvalue weighted by Crippen LogP contribution is 2.24. The molecule has 4 heteroatoms. The number of hydrogen-bond donors (Lipinski definition) is 0. The quantitative estimate of drug-likeness (QED) is 0.873. The summed E-state index contributed by atoms with van der Waals surface area (Å²) in [6, 6.07) is 4.17. The van der Waals surface area contributed by atoms with Crippen molar-refractivity contribution in [3.63, 3.8) is 0 Å². The van der Waals surface area contributed by atoms with Crippen molar-refractivity contribution in [2.45, 2.75) is 34.2 Å². The molecule has 4 nitrogen and oxygen atoms in total. The molecule has 0 spiro atoms. The third kappa shape index (κ3) is 2.78. The maximum Gasteiger partial charge on any atom is 0.254 e. The molecule has 1 fully saturated rings. The number of benzene rings is 1. The molecule has 1 aliphatic rings. The third-order valence-electron chi connectivity index (χ3n) is 4.34. The van der Waals surface area contributed by atoms with Gasteiger partial charge in [0.2, 0.25) is 0 Å². The van der Waals surface area contributed by atoms with Gasteiger partial charge in [-0.2, -0.15) is 5.10 Å². The molecular formula is C18H23N3O. The summed E-state index contributed by atoms with van der Waals surface area (Å²) in [6.45, 7) is 10.7. The third-order valence-corrected chi connectivity index (χ3v) is 4.34. The van der Waals surface area contributed by atoms with Crippen molar-refractivity contribution in [3.05, 3.63) is 52.3 Å². The predicted octanol–water partition coefficient (Wildman–Crippen LogP) is 2.89. The fourth-order valence-corrected chi connectivity index (χ4v) is 3.36. The lowest BCUT2D eigenvalue weighted by atomic mass is 9.94. The van der Waals surface area contributed by atoms with Crippen LogP contribution in [0.2, 0.25) is 0 Å². The molecular weight excluding hydrogens is 274 g/mol. The van der Waals surface area contributed by atoms with Crippen molar-refractivity contribution in [2.75, 3.05) is 13.1 Å². The molecule has 0 radical (unpaired) electrons. The van der Waals surface area contributed by atoms with Crippen LogP contribution in [0.1, 0.15) is 32.6 Å². The Kier molecular flexibility index (Phi) is 3.77. The summed E-state index contributed by atoms with van der Waals surface area (Å²) in [5.41, 5.74) is 5.42. The SMILES string of the molecule is Cc1cc(C)c(C(=O)N2CC(Cn3cc(C)cn3)C2)c(C)c1. The molecule has 0 bridgehead atoms. The summed E-state index contributed by atoms with van der Waals surface area (Å²) >= 11 is 0. The van der Waals surface area contributed by atoms with E-state index in [0.29, 0.717) is 5.92 Å². The summed E-state index contributed by atoms with van der Waals surface area (Å²) in [7, 11) is 0. The standard InChI is InChI=1S/C18H23N3O/c1-12-5-14(3)17(15(4)6-12)18(22)20-9-16(10-20)11-21-8-13(2)7-19-21/h5-8,16H,9-11H2,1-4H3. The number of aryl methyl sites for hydroxylation is 4. The molecule has 116 valence electrons. The minimum absolute atomic E-state index is 0.169. The van der Waals surface area contributed by atoms with Gasteiger partial charge in [-0.1, -0.05) is 17.7 Å². The lowest BCUT2D eigenvalue weighted by molar-refractivity contribution is 0.0460. The number of aromatic nitrogens is 2. The Labute approximate surface area is 131 Å². The van der Waals surface area contributed by atoms with Crippen LogP contribution in [0.3, 0.4) is 0 Å². The van der Waals surface area contributed by atoms with Crippen molar-refractivity contribution in [2.24, 2.45) is 5.92 Å². The van der Waals surface area contributed by atoms with E-state index in [2.05, 4.69) is 30.4 Å². The van der Waals surface area contributed by atoms with E-state index in [4.69, 9.17) is 0 Å². The van der Waals surface area contributed by atoms with Crippen molar-refractivity contribution < 1.29 is 4.79 Å². The molecule has 2 aromatic rings. The van der Waals surface area contributed by atoms with Crippen LogP contribution in [0.4, 0.5) is 0 Å². The maximum atomic E-state index is 12.7. The van der Waals surface area contributed by atoms with E-state index < -0.39 is 0 Å². The Morgan fingerprint density at radius 1 is 1.14 bits per heavy atom. The highest BCUT2D eigenvalue weighted by atomic mass is 16.2. The molecule has 0 atom stereocenters. The molecule has 1 amide bonds. The summed E-state index contributed by atoms with van der Waals surface area (Å²) in [4.78, 5) is 14.6. The van der Waals surface area contributed by atoms with Crippen LogP contribution >= 0.6 is 0 Å². The number of amides is 1. The van der Waals surface area contributed by atoms with Gasteiger partial charge in [-0.3, -0.25) is 9.48 Å². The second kappa shape index (κ2) is 5.59. The minimum Gasteiger partial charge on any atom is -0.338 e. The Morgan fingerprint density at radius 2 is 1.77 bits per heavy atom. The molecule has 1 aromatic carbocycles. The summed E-state index contributed by atoms with van der Waals surface area (Å²) < 4.78 is 1.98.